The molecule has 0 aliphatic heterocycles. The van der Waals surface area contributed by atoms with Gasteiger partial charge in [0.05, 0.1) is 17.2 Å². The highest BCUT2D eigenvalue weighted by molar-refractivity contribution is 7.92. The zero-order valence-corrected chi connectivity index (χ0v) is 23.9. The predicted molar refractivity (Wildman–Crippen MR) is 153 cm³/mol. The van der Waals surface area contributed by atoms with Crippen LogP contribution < -0.4 is 14.4 Å². The average molecular weight is 572 g/mol. The molecule has 0 unspecified atom stereocenters. The van der Waals surface area contributed by atoms with Crippen LogP contribution in [0.4, 0.5) is 5.69 Å². The Bertz CT molecular complexity index is 1350. The van der Waals surface area contributed by atoms with E-state index in [1.807, 2.05) is 13.8 Å². The lowest BCUT2D eigenvalue weighted by molar-refractivity contribution is -0.139. The van der Waals surface area contributed by atoms with E-state index in [9.17, 15) is 18.0 Å². The molecule has 0 spiro atoms. The van der Waals surface area contributed by atoms with Crippen LogP contribution in [0.1, 0.15) is 32.8 Å². The minimum Gasteiger partial charge on any atom is -0.494 e. The number of halogens is 1. The minimum atomic E-state index is -4.13. The molecular formula is C29H34ClN3O5S. The Labute approximate surface area is 235 Å². The topological polar surface area (TPSA) is 96.0 Å². The summed E-state index contributed by atoms with van der Waals surface area (Å²) in [6.45, 7) is 5.82. The van der Waals surface area contributed by atoms with E-state index in [2.05, 4.69) is 5.32 Å². The van der Waals surface area contributed by atoms with Crippen LogP contribution in [-0.4, -0.2) is 50.9 Å². The van der Waals surface area contributed by atoms with Gasteiger partial charge >= 0.3 is 0 Å². The second-order valence-electron chi connectivity index (χ2n) is 8.83. The van der Waals surface area contributed by atoms with Crippen molar-refractivity contribution in [2.45, 2.75) is 44.7 Å². The molecular weight excluding hydrogens is 538 g/mol. The summed E-state index contributed by atoms with van der Waals surface area (Å²) in [5.41, 5.74) is 0.928. The number of ether oxygens (including phenoxy) is 1. The molecule has 0 aromatic heterocycles. The van der Waals surface area contributed by atoms with Gasteiger partial charge in [0.25, 0.3) is 10.0 Å². The maximum atomic E-state index is 13.9. The van der Waals surface area contributed by atoms with E-state index in [-0.39, 0.29) is 23.0 Å². The monoisotopic (exact) mass is 571 g/mol. The van der Waals surface area contributed by atoms with Crippen LogP contribution >= 0.6 is 11.6 Å². The third-order valence-corrected chi connectivity index (χ3v) is 8.22. The molecule has 0 saturated carbocycles. The number of hydrogen-bond donors (Lipinski definition) is 1. The van der Waals surface area contributed by atoms with Gasteiger partial charge in [0, 0.05) is 18.1 Å². The standard InChI is InChI=1S/C29H34ClN3O5S/c1-4-19-31-29(35)22(3)32(20-23-11-9-10-14-27(23)30)28(34)21-33(24-15-17-25(18-16-24)38-5-2)39(36,37)26-12-7-6-8-13-26/h6-18,22H,4-5,19-21H2,1-3H3,(H,31,35)/t22-/m0/s1. The molecule has 0 fully saturated rings. The third kappa shape index (κ3) is 7.74. The molecule has 208 valence electrons. The van der Waals surface area contributed by atoms with E-state index in [1.165, 1.54) is 17.0 Å². The van der Waals surface area contributed by atoms with E-state index in [1.54, 1.807) is 73.7 Å². The lowest BCUT2D eigenvalue weighted by Crippen LogP contribution is -2.51. The Hall–Kier alpha value is -3.56. The SMILES string of the molecule is CCCNC(=O)[C@H](C)N(Cc1ccccc1Cl)C(=O)CN(c1ccc(OCC)cc1)S(=O)(=O)c1ccccc1. The number of anilines is 1. The largest absolute Gasteiger partial charge is 0.494 e. The zero-order chi connectivity index (χ0) is 28.4. The molecule has 0 bridgehead atoms. The molecule has 0 aliphatic carbocycles. The van der Waals surface area contributed by atoms with E-state index in [0.717, 1.165) is 10.7 Å². The molecule has 0 saturated heterocycles. The Kier molecular flexibility index (Phi) is 10.8. The fourth-order valence-corrected chi connectivity index (χ4v) is 5.54. The van der Waals surface area contributed by atoms with E-state index in [0.29, 0.717) is 29.5 Å². The third-order valence-electron chi connectivity index (χ3n) is 6.06. The molecule has 0 aliphatic rings. The smallest absolute Gasteiger partial charge is 0.264 e. The van der Waals surface area contributed by atoms with Crippen molar-refractivity contribution in [1.82, 2.24) is 10.2 Å². The number of nitrogens with zero attached hydrogens (tertiary/aromatic N) is 2. The first-order valence-corrected chi connectivity index (χ1v) is 14.6. The highest BCUT2D eigenvalue weighted by Crippen LogP contribution is 2.27. The van der Waals surface area contributed by atoms with Gasteiger partial charge < -0.3 is 15.0 Å². The first kappa shape index (κ1) is 30.0. The van der Waals surface area contributed by atoms with Crippen LogP contribution in [0.5, 0.6) is 5.75 Å². The van der Waals surface area contributed by atoms with Crippen molar-refractivity contribution < 1.29 is 22.7 Å². The van der Waals surface area contributed by atoms with Gasteiger partial charge in [0.15, 0.2) is 0 Å². The number of benzene rings is 3. The second kappa shape index (κ2) is 14.0. The Morgan fingerprint density at radius 3 is 2.21 bits per heavy atom. The van der Waals surface area contributed by atoms with Crippen molar-refractivity contribution in [2.75, 3.05) is 24.0 Å². The Morgan fingerprint density at radius 1 is 0.949 bits per heavy atom. The number of hydrogen-bond acceptors (Lipinski definition) is 5. The van der Waals surface area contributed by atoms with Gasteiger partial charge in [0.1, 0.15) is 18.3 Å². The van der Waals surface area contributed by atoms with Crippen LogP contribution in [-0.2, 0) is 26.2 Å². The summed E-state index contributed by atoms with van der Waals surface area (Å²) in [5, 5.41) is 3.26. The van der Waals surface area contributed by atoms with Crippen molar-refractivity contribution in [1.29, 1.82) is 0 Å². The Morgan fingerprint density at radius 2 is 1.59 bits per heavy atom. The van der Waals surface area contributed by atoms with E-state index in [4.69, 9.17) is 16.3 Å². The van der Waals surface area contributed by atoms with Crippen molar-refractivity contribution in [3.63, 3.8) is 0 Å². The number of carbonyl (C=O) groups is 2. The van der Waals surface area contributed by atoms with Crippen molar-refractivity contribution in [3.05, 3.63) is 89.4 Å². The van der Waals surface area contributed by atoms with E-state index >= 15 is 0 Å². The molecule has 3 aromatic carbocycles. The molecule has 0 heterocycles. The minimum absolute atomic E-state index is 0.0295. The van der Waals surface area contributed by atoms with E-state index < -0.39 is 28.5 Å². The van der Waals surface area contributed by atoms with Crippen molar-refractivity contribution in [2.24, 2.45) is 0 Å². The highest BCUT2D eigenvalue weighted by Gasteiger charge is 2.32. The van der Waals surface area contributed by atoms with Gasteiger partial charge in [-0.15, -0.1) is 0 Å². The normalized spacial score (nSPS) is 11.9. The fourth-order valence-electron chi connectivity index (χ4n) is 3.91. The molecule has 10 heteroatoms. The van der Waals surface area contributed by atoms with Crippen molar-refractivity contribution >= 4 is 39.1 Å². The number of sulfonamides is 1. The molecule has 8 nitrogen and oxygen atoms in total. The molecule has 1 atom stereocenters. The second-order valence-corrected chi connectivity index (χ2v) is 11.1. The number of carbonyl (C=O) groups excluding carboxylic acids is 2. The van der Waals surface area contributed by atoms with Gasteiger partial charge in [0.2, 0.25) is 11.8 Å². The summed E-state index contributed by atoms with van der Waals surface area (Å²) in [6, 6.07) is 20.6. The molecule has 2 amide bonds. The number of amides is 2. The van der Waals surface area contributed by atoms with Crippen LogP contribution in [0.25, 0.3) is 0 Å². The lowest BCUT2D eigenvalue weighted by atomic mass is 10.1. The first-order valence-electron chi connectivity index (χ1n) is 12.8. The van der Waals surface area contributed by atoms with Crippen LogP contribution in [0.3, 0.4) is 0 Å². The fraction of sp³-hybridized carbons (Fsp3) is 0.310. The predicted octanol–water partition coefficient (Wildman–Crippen LogP) is 4.88. The summed E-state index contributed by atoms with van der Waals surface area (Å²) in [6.07, 6.45) is 0.734. The summed E-state index contributed by atoms with van der Waals surface area (Å²) in [7, 11) is -4.13. The summed E-state index contributed by atoms with van der Waals surface area (Å²) in [4.78, 5) is 28.2. The summed E-state index contributed by atoms with van der Waals surface area (Å²) < 4.78 is 34.1. The number of nitrogens with one attached hydrogen (secondary N) is 1. The summed E-state index contributed by atoms with van der Waals surface area (Å²) >= 11 is 6.38. The van der Waals surface area contributed by atoms with Crippen molar-refractivity contribution in [3.8, 4) is 5.75 Å². The highest BCUT2D eigenvalue weighted by atomic mass is 35.5. The van der Waals surface area contributed by atoms with Gasteiger partial charge in [-0.25, -0.2) is 8.42 Å². The van der Waals surface area contributed by atoms with Gasteiger partial charge in [-0.05, 0) is 68.3 Å². The Balaban J connectivity index is 2.01. The van der Waals surface area contributed by atoms with Crippen LogP contribution in [0.15, 0.2) is 83.8 Å². The average Bonchev–Trinajstić information content (AvgIpc) is 2.94. The zero-order valence-electron chi connectivity index (χ0n) is 22.3. The molecule has 0 radical (unpaired) electrons. The number of rotatable bonds is 13. The van der Waals surface area contributed by atoms with Gasteiger partial charge in [-0.2, -0.15) is 0 Å². The lowest BCUT2D eigenvalue weighted by Gasteiger charge is -2.32. The molecule has 39 heavy (non-hydrogen) atoms. The van der Waals surface area contributed by atoms with Crippen LogP contribution in [0.2, 0.25) is 5.02 Å². The summed E-state index contributed by atoms with van der Waals surface area (Å²) in [5.74, 6) is -0.315. The first-order chi connectivity index (χ1) is 18.7. The molecule has 1 N–H and O–H groups in total. The van der Waals surface area contributed by atoms with Crippen LogP contribution in [0, 0.1) is 0 Å². The molecule has 3 rings (SSSR count). The maximum absolute atomic E-state index is 13.9. The molecule has 3 aromatic rings. The maximum Gasteiger partial charge on any atom is 0.264 e. The quantitative estimate of drug-likeness (QED) is 0.315. The van der Waals surface area contributed by atoms with Gasteiger partial charge in [-0.1, -0.05) is 54.9 Å². The van der Waals surface area contributed by atoms with Gasteiger partial charge in [-0.3, -0.25) is 13.9 Å².